The predicted molar refractivity (Wildman–Crippen MR) is 91.6 cm³/mol. The van der Waals surface area contributed by atoms with E-state index < -0.39 is 0 Å². The van der Waals surface area contributed by atoms with Crippen molar-refractivity contribution in [2.45, 2.75) is 71.9 Å². The molecule has 1 heterocycles. The van der Waals surface area contributed by atoms with E-state index in [2.05, 4.69) is 15.6 Å². The van der Waals surface area contributed by atoms with Gasteiger partial charge in [0.2, 0.25) is 0 Å². The molecule has 0 saturated heterocycles. The van der Waals surface area contributed by atoms with Crippen LogP contribution in [0.25, 0.3) is 0 Å². The molecule has 134 valence electrons. The summed E-state index contributed by atoms with van der Waals surface area (Å²) in [5, 5.41) is 21.1. The fraction of sp³-hybridized carbons (Fsp3) is 0.833. The van der Waals surface area contributed by atoms with E-state index in [0.29, 0.717) is 17.5 Å². The van der Waals surface area contributed by atoms with E-state index >= 15 is 0 Å². The molecule has 0 radical (unpaired) electrons. The highest BCUT2D eigenvalue weighted by Gasteiger charge is 2.42. The number of nitrogens with one attached hydrogen (secondary N) is 1. The minimum atomic E-state index is -0.329. The van der Waals surface area contributed by atoms with Gasteiger partial charge < -0.3 is 10.4 Å². The van der Waals surface area contributed by atoms with Crippen LogP contribution in [0.2, 0.25) is 0 Å². The molecule has 6 nitrogen and oxygen atoms in total. The van der Waals surface area contributed by atoms with Gasteiger partial charge in [-0.1, -0.05) is 31.9 Å². The summed E-state index contributed by atoms with van der Waals surface area (Å²) < 4.78 is 1.88. The third-order valence-corrected chi connectivity index (χ3v) is 5.73. The van der Waals surface area contributed by atoms with E-state index in [1.54, 1.807) is 0 Å². The normalized spacial score (nSPS) is 20.3. The van der Waals surface area contributed by atoms with Crippen LogP contribution in [0, 0.1) is 24.2 Å². The van der Waals surface area contributed by atoms with Crippen LogP contribution >= 0.6 is 0 Å². The molecule has 2 N–H and O–H groups in total. The summed E-state index contributed by atoms with van der Waals surface area (Å²) in [6, 6.07) is -0.0191. The summed E-state index contributed by atoms with van der Waals surface area (Å²) in [6.07, 6.45) is 7.31. The number of carbonyl (C=O) groups excluding carboxylic acids is 1. The molecule has 0 aliphatic heterocycles. The minimum Gasteiger partial charge on any atom is -0.396 e. The summed E-state index contributed by atoms with van der Waals surface area (Å²) in [5.74, 6) is 0.961. The Morgan fingerprint density at radius 3 is 2.58 bits per heavy atom. The van der Waals surface area contributed by atoms with Crippen LogP contribution in [0.1, 0.15) is 68.6 Å². The Morgan fingerprint density at radius 2 is 2.00 bits per heavy atom. The molecule has 2 saturated carbocycles. The molecule has 1 aromatic rings. The molecular formula is C18H30N4O2. The van der Waals surface area contributed by atoms with Crippen molar-refractivity contribution in [2.75, 3.05) is 6.61 Å². The van der Waals surface area contributed by atoms with Gasteiger partial charge in [0, 0.05) is 18.0 Å². The van der Waals surface area contributed by atoms with Gasteiger partial charge in [0.05, 0.1) is 12.3 Å². The maximum Gasteiger partial charge on any atom is 0.273 e. The lowest BCUT2D eigenvalue weighted by Gasteiger charge is -2.33. The van der Waals surface area contributed by atoms with E-state index in [1.807, 2.05) is 25.5 Å². The number of hydrogen-bond donors (Lipinski definition) is 2. The van der Waals surface area contributed by atoms with Crippen molar-refractivity contribution in [1.82, 2.24) is 20.3 Å². The van der Waals surface area contributed by atoms with Crippen LogP contribution in [0.3, 0.4) is 0 Å². The number of carbonyl (C=O) groups is 1. The number of aromatic nitrogens is 3. The summed E-state index contributed by atoms with van der Waals surface area (Å²) in [5.41, 5.74) is 0.938. The number of aliphatic hydroxyl groups excluding tert-OH is 1. The van der Waals surface area contributed by atoms with Crippen LogP contribution in [-0.4, -0.2) is 38.7 Å². The zero-order chi connectivity index (χ0) is 17.3. The van der Waals surface area contributed by atoms with E-state index in [4.69, 9.17) is 0 Å². The molecule has 3 rings (SSSR count). The van der Waals surface area contributed by atoms with Gasteiger partial charge >= 0.3 is 0 Å². The molecule has 0 spiro atoms. The van der Waals surface area contributed by atoms with E-state index in [9.17, 15) is 9.90 Å². The van der Waals surface area contributed by atoms with E-state index in [1.165, 1.54) is 25.7 Å². The van der Waals surface area contributed by atoms with E-state index in [-0.39, 0.29) is 24.0 Å². The smallest absolute Gasteiger partial charge is 0.273 e. The Labute approximate surface area is 144 Å². The maximum atomic E-state index is 12.7. The summed E-state index contributed by atoms with van der Waals surface area (Å²) in [6.45, 7) is 6.84. The Bertz CT molecular complexity index is 586. The lowest BCUT2D eigenvalue weighted by molar-refractivity contribution is 0.0767. The van der Waals surface area contributed by atoms with Crippen LogP contribution in [0.5, 0.6) is 0 Å². The third-order valence-electron chi connectivity index (χ3n) is 5.73. The Balaban J connectivity index is 1.69. The number of amides is 1. The molecule has 2 aliphatic carbocycles. The SMILES string of the molecule is Cc1c(C(=O)NC(C2CC2)C(C)(C)CO)nnn1CC1CCCC1. The molecule has 2 aliphatic rings. The van der Waals surface area contributed by atoms with Crippen LogP contribution in [0.4, 0.5) is 0 Å². The van der Waals surface area contributed by atoms with Crippen molar-refractivity contribution in [2.24, 2.45) is 17.3 Å². The number of aliphatic hydroxyl groups is 1. The van der Waals surface area contributed by atoms with Crippen molar-refractivity contribution < 1.29 is 9.90 Å². The molecular weight excluding hydrogens is 304 g/mol. The Kier molecular flexibility index (Phi) is 4.95. The summed E-state index contributed by atoms with van der Waals surface area (Å²) in [7, 11) is 0. The molecule has 2 fully saturated rings. The van der Waals surface area contributed by atoms with Crippen molar-refractivity contribution in [1.29, 1.82) is 0 Å². The number of rotatable bonds is 7. The third kappa shape index (κ3) is 3.63. The Hall–Kier alpha value is -1.43. The first-order valence-corrected chi connectivity index (χ1v) is 9.24. The van der Waals surface area contributed by atoms with Gasteiger partial charge in [-0.05, 0) is 44.4 Å². The highest BCUT2D eigenvalue weighted by molar-refractivity contribution is 5.93. The predicted octanol–water partition coefficient (Wildman–Crippen LogP) is 2.30. The molecule has 24 heavy (non-hydrogen) atoms. The van der Waals surface area contributed by atoms with Gasteiger partial charge in [-0.2, -0.15) is 0 Å². The lowest BCUT2D eigenvalue weighted by Crippen LogP contribution is -2.48. The topological polar surface area (TPSA) is 80.0 Å². The molecule has 0 aromatic carbocycles. The second-order valence-electron chi connectivity index (χ2n) is 8.29. The average Bonchev–Trinajstić information content (AvgIpc) is 3.14. The maximum absolute atomic E-state index is 12.7. The first-order valence-electron chi connectivity index (χ1n) is 9.24. The second-order valence-corrected chi connectivity index (χ2v) is 8.29. The molecule has 1 aromatic heterocycles. The van der Waals surface area contributed by atoms with Crippen LogP contribution < -0.4 is 5.32 Å². The zero-order valence-corrected chi connectivity index (χ0v) is 15.1. The van der Waals surface area contributed by atoms with Gasteiger partial charge in [0.1, 0.15) is 0 Å². The monoisotopic (exact) mass is 334 g/mol. The quantitative estimate of drug-likeness (QED) is 0.802. The molecule has 6 heteroatoms. The standard InChI is InChI=1S/C18H30N4O2/c1-12-15(20-21-22(12)10-13-6-4-5-7-13)17(24)19-16(14-8-9-14)18(2,3)11-23/h13-14,16,23H,4-11H2,1-3H3,(H,19,24). The van der Waals surface area contributed by atoms with Crippen molar-refractivity contribution in [3.8, 4) is 0 Å². The van der Waals surface area contributed by atoms with E-state index in [0.717, 1.165) is 25.1 Å². The van der Waals surface area contributed by atoms with Gasteiger partial charge in [0.15, 0.2) is 5.69 Å². The molecule has 1 unspecified atom stereocenters. The lowest BCUT2D eigenvalue weighted by atomic mass is 9.82. The number of hydrogen-bond acceptors (Lipinski definition) is 4. The molecule has 0 bridgehead atoms. The second kappa shape index (κ2) is 6.82. The van der Waals surface area contributed by atoms with Gasteiger partial charge in [-0.25, -0.2) is 4.68 Å². The first-order chi connectivity index (χ1) is 11.4. The van der Waals surface area contributed by atoms with Crippen LogP contribution in [-0.2, 0) is 6.54 Å². The van der Waals surface area contributed by atoms with Gasteiger partial charge in [0.25, 0.3) is 5.91 Å². The van der Waals surface area contributed by atoms with Crippen molar-refractivity contribution >= 4 is 5.91 Å². The largest absolute Gasteiger partial charge is 0.396 e. The molecule has 1 amide bonds. The highest BCUT2D eigenvalue weighted by Crippen LogP contribution is 2.40. The van der Waals surface area contributed by atoms with Crippen molar-refractivity contribution in [3.63, 3.8) is 0 Å². The summed E-state index contributed by atoms with van der Waals surface area (Å²) in [4.78, 5) is 12.7. The summed E-state index contributed by atoms with van der Waals surface area (Å²) >= 11 is 0. The fourth-order valence-electron chi connectivity index (χ4n) is 3.87. The zero-order valence-electron chi connectivity index (χ0n) is 15.1. The number of nitrogens with zero attached hydrogens (tertiary/aromatic N) is 3. The minimum absolute atomic E-state index is 0.0191. The first kappa shape index (κ1) is 17.4. The highest BCUT2D eigenvalue weighted by atomic mass is 16.3. The fourth-order valence-corrected chi connectivity index (χ4v) is 3.87. The Morgan fingerprint density at radius 1 is 1.33 bits per heavy atom. The van der Waals surface area contributed by atoms with Crippen LogP contribution in [0.15, 0.2) is 0 Å². The van der Waals surface area contributed by atoms with Gasteiger partial charge in [-0.15, -0.1) is 5.10 Å². The molecule has 1 atom stereocenters. The van der Waals surface area contributed by atoms with Gasteiger partial charge in [-0.3, -0.25) is 4.79 Å². The van der Waals surface area contributed by atoms with Crippen molar-refractivity contribution in [3.05, 3.63) is 11.4 Å². The average molecular weight is 334 g/mol.